The van der Waals surface area contributed by atoms with Gasteiger partial charge in [-0.1, -0.05) is 32.0 Å². The van der Waals surface area contributed by atoms with Gasteiger partial charge in [0.2, 0.25) is 0 Å². The van der Waals surface area contributed by atoms with Gasteiger partial charge in [-0.2, -0.15) is 0 Å². The highest BCUT2D eigenvalue weighted by Gasteiger charge is 2.29. The zero-order valence-electron chi connectivity index (χ0n) is 15.7. The largest absolute Gasteiger partial charge is 0.483 e. The molecule has 138 valence electrons. The molecule has 1 aromatic carbocycles. The Balaban J connectivity index is 1.55. The van der Waals surface area contributed by atoms with Crippen LogP contribution >= 0.6 is 0 Å². The van der Waals surface area contributed by atoms with Gasteiger partial charge in [-0.3, -0.25) is 9.69 Å². The first-order chi connectivity index (χ1) is 12.2. The van der Waals surface area contributed by atoms with Crippen molar-refractivity contribution in [3.8, 4) is 5.75 Å². The third-order valence-corrected chi connectivity index (χ3v) is 5.82. The summed E-state index contributed by atoms with van der Waals surface area (Å²) in [6.07, 6.45) is 6.01. The van der Waals surface area contributed by atoms with E-state index in [2.05, 4.69) is 24.8 Å². The summed E-state index contributed by atoms with van der Waals surface area (Å²) in [5.74, 6) is 1.43. The summed E-state index contributed by atoms with van der Waals surface area (Å²) in [5, 5.41) is 0. The standard InChI is InChI=1S/C21H32N2O2/c1-3-17(2)19-10-4-5-11-20(19)25-16-21(24)23-14-8-9-18(15-23)22-12-6-7-13-22/h4-5,10-11,17-18H,3,6-9,12-16H2,1-2H3. The maximum atomic E-state index is 12.7. The number of para-hydroxylation sites is 1. The van der Waals surface area contributed by atoms with Crippen LogP contribution in [0, 0.1) is 0 Å². The maximum absolute atomic E-state index is 12.7. The molecule has 2 heterocycles. The lowest BCUT2D eigenvalue weighted by molar-refractivity contribution is -0.135. The summed E-state index contributed by atoms with van der Waals surface area (Å²) in [7, 11) is 0. The predicted octanol–water partition coefficient (Wildman–Crippen LogP) is 3.67. The van der Waals surface area contributed by atoms with E-state index in [-0.39, 0.29) is 12.5 Å². The molecule has 0 bridgehead atoms. The van der Waals surface area contributed by atoms with E-state index in [0.717, 1.165) is 31.7 Å². The van der Waals surface area contributed by atoms with Crippen molar-refractivity contribution in [3.05, 3.63) is 29.8 Å². The van der Waals surface area contributed by atoms with E-state index in [1.54, 1.807) is 0 Å². The minimum atomic E-state index is 0.128. The van der Waals surface area contributed by atoms with Crippen LogP contribution in [0.5, 0.6) is 5.75 Å². The van der Waals surface area contributed by atoms with Crippen LogP contribution in [-0.2, 0) is 4.79 Å². The molecule has 0 aliphatic carbocycles. The van der Waals surface area contributed by atoms with E-state index in [4.69, 9.17) is 4.74 Å². The van der Waals surface area contributed by atoms with Crippen LogP contribution in [0.4, 0.5) is 0 Å². The van der Waals surface area contributed by atoms with Gasteiger partial charge in [0, 0.05) is 19.1 Å². The molecule has 2 fully saturated rings. The van der Waals surface area contributed by atoms with Gasteiger partial charge < -0.3 is 9.64 Å². The zero-order valence-corrected chi connectivity index (χ0v) is 15.7. The molecule has 0 aromatic heterocycles. The summed E-state index contributed by atoms with van der Waals surface area (Å²) >= 11 is 0. The Kier molecular flexibility index (Phi) is 6.35. The number of piperidine rings is 1. The number of amides is 1. The number of hydrogen-bond acceptors (Lipinski definition) is 3. The van der Waals surface area contributed by atoms with E-state index >= 15 is 0 Å². The average molecular weight is 344 g/mol. The van der Waals surface area contributed by atoms with Crippen molar-refractivity contribution in [1.82, 2.24) is 9.80 Å². The Morgan fingerprint density at radius 2 is 1.96 bits per heavy atom. The normalized spacial score (nSPS) is 22.8. The van der Waals surface area contributed by atoms with E-state index < -0.39 is 0 Å². The summed E-state index contributed by atoms with van der Waals surface area (Å²) < 4.78 is 5.93. The molecule has 2 aliphatic rings. The number of benzene rings is 1. The second-order valence-electron chi connectivity index (χ2n) is 7.51. The van der Waals surface area contributed by atoms with Gasteiger partial charge in [0.25, 0.3) is 5.91 Å². The second-order valence-corrected chi connectivity index (χ2v) is 7.51. The lowest BCUT2D eigenvalue weighted by atomic mass is 9.98. The van der Waals surface area contributed by atoms with Gasteiger partial charge in [0.15, 0.2) is 6.61 Å². The van der Waals surface area contributed by atoms with Gasteiger partial charge in [0.1, 0.15) is 5.75 Å². The first kappa shape index (κ1) is 18.2. The Bertz CT molecular complexity index is 569. The summed E-state index contributed by atoms with van der Waals surface area (Å²) in [6, 6.07) is 8.67. The highest BCUT2D eigenvalue weighted by Crippen LogP contribution is 2.28. The molecule has 0 N–H and O–H groups in total. The molecule has 4 heteroatoms. The topological polar surface area (TPSA) is 32.8 Å². The zero-order chi connectivity index (χ0) is 17.6. The van der Waals surface area contributed by atoms with Crippen molar-refractivity contribution >= 4 is 5.91 Å². The van der Waals surface area contributed by atoms with Gasteiger partial charge in [-0.15, -0.1) is 0 Å². The summed E-state index contributed by atoms with van der Waals surface area (Å²) in [4.78, 5) is 17.2. The van der Waals surface area contributed by atoms with E-state index in [1.807, 2.05) is 23.1 Å². The molecule has 4 nitrogen and oxygen atoms in total. The van der Waals surface area contributed by atoms with Crippen molar-refractivity contribution in [2.75, 3.05) is 32.8 Å². The summed E-state index contributed by atoms with van der Waals surface area (Å²) in [6.45, 7) is 8.68. The molecule has 0 saturated carbocycles. The number of likely N-dealkylation sites (tertiary alicyclic amines) is 2. The molecule has 25 heavy (non-hydrogen) atoms. The molecule has 0 radical (unpaired) electrons. The molecular weight excluding hydrogens is 312 g/mol. The molecule has 2 atom stereocenters. The summed E-state index contributed by atoms with van der Waals surface area (Å²) in [5.41, 5.74) is 1.20. The fourth-order valence-corrected chi connectivity index (χ4v) is 4.06. The van der Waals surface area contributed by atoms with Crippen LogP contribution in [0.25, 0.3) is 0 Å². The second kappa shape index (κ2) is 8.70. The van der Waals surface area contributed by atoms with Crippen LogP contribution in [-0.4, -0.2) is 54.5 Å². The van der Waals surface area contributed by atoms with Crippen molar-refractivity contribution in [2.45, 2.75) is 57.9 Å². The molecule has 2 unspecified atom stereocenters. The highest BCUT2D eigenvalue weighted by atomic mass is 16.5. The number of carbonyl (C=O) groups excluding carboxylic acids is 1. The van der Waals surface area contributed by atoms with E-state index in [1.165, 1.54) is 37.9 Å². The molecular formula is C21H32N2O2. The van der Waals surface area contributed by atoms with Crippen molar-refractivity contribution in [2.24, 2.45) is 0 Å². The molecule has 0 spiro atoms. The fourth-order valence-electron chi connectivity index (χ4n) is 4.06. The fraction of sp³-hybridized carbons (Fsp3) is 0.667. The average Bonchev–Trinajstić information content (AvgIpc) is 3.20. The first-order valence-corrected chi connectivity index (χ1v) is 9.92. The Hall–Kier alpha value is -1.55. The van der Waals surface area contributed by atoms with Crippen LogP contribution in [0.2, 0.25) is 0 Å². The number of carbonyl (C=O) groups is 1. The number of ether oxygens (including phenoxy) is 1. The highest BCUT2D eigenvalue weighted by molar-refractivity contribution is 5.78. The van der Waals surface area contributed by atoms with Crippen LogP contribution in [0.3, 0.4) is 0 Å². The van der Waals surface area contributed by atoms with Gasteiger partial charge >= 0.3 is 0 Å². The molecule has 3 rings (SSSR count). The Morgan fingerprint density at radius 3 is 2.72 bits per heavy atom. The third-order valence-electron chi connectivity index (χ3n) is 5.82. The molecule has 2 aliphatic heterocycles. The lowest BCUT2D eigenvalue weighted by Crippen LogP contribution is -2.50. The predicted molar refractivity (Wildman–Crippen MR) is 101 cm³/mol. The monoisotopic (exact) mass is 344 g/mol. The van der Waals surface area contributed by atoms with E-state index in [9.17, 15) is 4.79 Å². The first-order valence-electron chi connectivity index (χ1n) is 9.92. The van der Waals surface area contributed by atoms with Crippen molar-refractivity contribution in [3.63, 3.8) is 0 Å². The number of nitrogens with zero attached hydrogens (tertiary/aromatic N) is 2. The Morgan fingerprint density at radius 1 is 1.20 bits per heavy atom. The molecule has 2 saturated heterocycles. The van der Waals surface area contributed by atoms with Crippen molar-refractivity contribution in [1.29, 1.82) is 0 Å². The molecule has 1 aromatic rings. The van der Waals surface area contributed by atoms with Crippen LogP contribution in [0.1, 0.15) is 57.4 Å². The minimum absolute atomic E-state index is 0.128. The van der Waals surface area contributed by atoms with Crippen molar-refractivity contribution < 1.29 is 9.53 Å². The smallest absolute Gasteiger partial charge is 0.260 e. The number of rotatable bonds is 6. The van der Waals surface area contributed by atoms with Gasteiger partial charge in [-0.25, -0.2) is 0 Å². The quantitative estimate of drug-likeness (QED) is 0.789. The lowest BCUT2D eigenvalue weighted by Gasteiger charge is -2.37. The van der Waals surface area contributed by atoms with E-state index in [0.29, 0.717) is 12.0 Å². The third kappa shape index (κ3) is 4.55. The number of hydrogen-bond donors (Lipinski definition) is 0. The SMILES string of the molecule is CCC(C)c1ccccc1OCC(=O)N1CCCC(N2CCCC2)C1. The maximum Gasteiger partial charge on any atom is 0.260 e. The van der Waals surface area contributed by atoms with Gasteiger partial charge in [0.05, 0.1) is 0 Å². The minimum Gasteiger partial charge on any atom is -0.483 e. The molecule has 1 amide bonds. The van der Waals surface area contributed by atoms with Crippen LogP contribution in [0.15, 0.2) is 24.3 Å². The van der Waals surface area contributed by atoms with Gasteiger partial charge in [-0.05, 0) is 62.7 Å². The van der Waals surface area contributed by atoms with Crippen LogP contribution < -0.4 is 4.74 Å². The Labute approximate surface area is 152 Å².